The van der Waals surface area contributed by atoms with E-state index in [2.05, 4.69) is 41.1 Å². The van der Waals surface area contributed by atoms with E-state index in [-0.39, 0.29) is 5.54 Å². The van der Waals surface area contributed by atoms with Crippen molar-refractivity contribution in [1.82, 2.24) is 4.90 Å². The Balaban J connectivity index is 1.71. The summed E-state index contributed by atoms with van der Waals surface area (Å²) in [6, 6.07) is 10.4. The van der Waals surface area contributed by atoms with Crippen LogP contribution in [-0.2, 0) is 6.42 Å². The minimum Gasteiger partial charge on any atom is -0.364 e. The highest BCUT2D eigenvalue weighted by Crippen LogP contribution is 2.45. The molecule has 3 aliphatic rings. The summed E-state index contributed by atoms with van der Waals surface area (Å²) in [5, 5.41) is 0. The fourth-order valence-electron chi connectivity index (χ4n) is 5.07. The van der Waals surface area contributed by atoms with Gasteiger partial charge in [0, 0.05) is 30.9 Å². The van der Waals surface area contributed by atoms with Gasteiger partial charge >= 0.3 is 0 Å². The second-order valence-electron chi connectivity index (χ2n) is 7.27. The Labute approximate surface area is 128 Å². The topological polar surface area (TPSA) is 32.5 Å². The average Bonchev–Trinajstić information content (AvgIpc) is 2.76. The van der Waals surface area contributed by atoms with Crippen molar-refractivity contribution in [2.75, 3.05) is 25.0 Å². The van der Waals surface area contributed by atoms with Crippen molar-refractivity contribution in [3.05, 3.63) is 29.8 Å². The SMILES string of the molecule is CN1C2CCC1CC(CN)(N1CCCc3ccccc31)C2. The van der Waals surface area contributed by atoms with Gasteiger partial charge in [-0.2, -0.15) is 0 Å². The maximum Gasteiger partial charge on any atom is 0.0554 e. The smallest absolute Gasteiger partial charge is 0.0554 e. The van der Waals surface area contributed by atoms with E-state index < -0.39 is 0 Å². The zero-order valence-corrected chi connectivity index (χ0v) is 13.1. The molecule has 2 saturated heterocycles. The van der Waals surface area contributed by atoms with Crippen molar-refractivity contribution in [3.63, 3.8) is 0 Å². The summed E-state index contributed by atoms with van der Waals surface area (Å²) in [7, 11) is 2.31. The van der Waals surface area contributed by atoms with Gasteiger partial charge in [-0.1, -0.05) is 18.2 Å². The lowest BCUT2D eigenvalue weighted by Crippen LogP contribution is -2.63. The van der Waals surface area contributed by atoms with Crippen LogP contribution in [0, 0.1) is 0 Å². The molecule has 4 rings (SSSR count). The summed E-state index contributed by atoms with van der Waals surface area (Å²) in [5.41, 5.74) is 9.53. The van der Waals surface area contributed by atoms with Gasteiger partial charge in [0.25, 0.3) is 0 Å². The summed E-state index contributed by atoms with van der Waals surface area (Å²) in [6.45, 7) is 1.97. The molecule has 0 spiro atoms. The van der Waals surface area contributed by atoms with Gasteiger partial charge in [0.2, 0.25) is 0 Å². The number of benzene rings is 1. The first-order chi connectivity index (χ1) is 10.2. The molecule has 1 aromatic rings. The lowest BCUT2D eigenvalue weighted by molar-refractivity contribution is 0.110. The molecule has 0 aliphatic carbocycles. The van der Waals surface area contributed by atoms with Crippen LogP contribution < -0.4 is 10.6 Å². The van der Waals surface area contributed by atoms with Crippen LogP contribution >= 0.6 is 0 Å². The van der Waals surface area contributed by atoms with E-state index in [1.54, 1.807) is 0 Å². The van der Waals surface area contributed by atoms with Crippen molar-refractivity contribution in [3.8, 4) is 0 Å². The van der Waals surface area contributed by atoms with Crippen molar-refractivity contribution in [2.24, 2.45) is 5.73 Å². The normalized spacial score (nSPS) is 35.8. The van der Waals surface area contributed by atoms with Crippen LogP contribution in [0.25, 0.3) is 0 Å². The molecule has 0 aromatic heterocycles. The molecule has 2 N–H and O–H groups in total. The zero-order valence-electron chi connectivity index (χ0n) is 13.1. The minimum atomic E-state index is 0.189. The van der Waals surface area contributed by atoms with E-state index in [9.17, 15) is 0 Å². The molecule has 3 aliphatic heterocycles. The Hall–Kier alpha value is -1.06. The monoisotopic (exact) mass is 285 g/mol. The van der Waals surface area contributed by atoms with Crippen LogP contribution in [0.4, 0.5) is 5.69 Å². The number of rotatable bonds is 2. The van der Waals surface area contributed by atoms with Crippen molar-refractivity contribution in [1.29, 1.82) is 0 Å². The Morgan fingerprint density at radius 2 is 1.90 bits per heavy atom. The maximum atomic E-state index is 6.36. The fraction of sp³-hybridized carbons (Fsp3) is 0.667. The van der Waals surface area contributed by atoms with Crippen molar-refractivity contribution < 1.29 is 0 Å². The third kappa shape index (κ3) is 2.01. The second kappa shape index (κ2) is 4.99. The van der Waals surface area contributed by atoms with Crippen LogP contribution in [-0.4, -0.2) is 42.7 Å². The average molecular weight is 285 g/mol. The summed E-state index contributed by atoms with van der Waals surface area (Å²) in [4.78, 5) is 5.30. The van der Waals surface area contributed by atoms with E-state index in [0.29, 0.717) is 0 Å². The Morgan fingerprint density at radius 1 is 1.19 bits per heavy atom. The number of nitrogens with two attached hydrogens (primary N) is 1. The molecule has 21 heavy (non-hydrogen) atoms. The molecule has 3 nitrogen and oxygen atoms in total. The van der Waals surface area contributed by atoms with E-state index in [1.165, 1.54) is 56.3 Å². The standard InChI is InChI=1S/C18H27N3/c1-20-15-8-9-16(20)12-18(11-15,13-19)21-10-4-6-14-5-2-3-7-17(14)21/h2-3,5,7,15-16H,4,6,8-13,19H2,1H3. The molecule has 2 bridgehead atoms. The first-order valence-electron chi connectivity index (χ1n) is 8.51. The third-order valence-electron chi connectivity index (χ3n) is 6.28. The summed E-state index contributed by atoms with van der Waals surface area (Å²) in [5.74, 6) is 0. The van der Waals surface area contributed by atoms with Crippen LogP contribution in [0.5, 0.6) is 0 Å². The zero-order chi connectivity index (χ0) is 14.4. The van der Waals surface area contributed by atoms with Crippen molar-refractivity contribution >= 4 is 5.69 Å². The number of hydrogen-bond donors (Lipinski definition) is 1. The highest BCUT2D eigenvalue weighted by atomic mass is 15.3. The molecule has 2 fully saturated rings. The van der Waals surface area contributed by atoms with E-state index in [0.717, 1.165) is 18.6 Å². The quantitative estimate of drug-likeness (QED) is 0.905. The summed E-state index contributed by atoms with van der Waals surface area (Å²) in [6.07, 6.45) is 7.69. The van der Waals surface area contributed by atoms with Gasteiger partial charge in [-0.25, -0.2) is 0 Å². The Bertz CT molecular complexity index is 513. The number of fused-ring (bicyclic) bond motifs is 3. The lowest BCUT2D eigenvalue weighted by Gasteiger charge is -2.53. The predicted molar refractivity (Wildman–Crippen MR) is 87.7 cm³/mol. The number of hydrogen-bond acceptors (Lipinski definition) is 3. The van der Waals surface area contributed by atoms with E-state index >= 15 is 0 Å². The highest BCUT2D eigenvalue weighted by molar-refractivity contribution is 5.58. The highest BCUT2D eigenvalue weighted by Gasteiger charge is 2.49. The number of para-hydroxylation sites is 1. The van der Waals surface area contributed by atoms with Gasteiger partial charge in [-0.3, -0.25) is 0 Å². The minimum absolute atomic E-state index is 0.189. The summed E-state index contributed by atoms with van der Waals surface area (Å²) >= 11 is 0. The predicted octanol–water partition coefficient (Wildman–Crippen LogP) is 2.39. The molecule has 3 heterocycles. The third-order valence-corrected chi connectivity index (χ3v) is 6.28. The first-order valence-corrected chi connectivity index (χ1v) is 8.51. The molecule has 1 aromatic carbocycles. The van der Waals surface area contributed by atoms with Crippen LogP contribution in [0.2, 0.25) is 0 Å². The van der Waals surface area contributed by atoms with E-state index in [1.807, 2.05) is 0 Å². The van der Waals surface area contributed by atoms with Gasteiger partial charge in [0.15, 0.2) is 0 Å². The Morgan fingerprint density at radius 3 is 2.62 bits per heavy atom. The molecule has 2 atom stereocenters. The largest absolute Gasteiger partial charge is 0.364 e. The van der Waals surface area contributed by atoms with Crippen LogP contribution in [0.3, 0.4) is 0 Å². The van der Waals surface area contributed by atoms with Crippen LogP contribution in [0.15, 0.2) is 24.3 Å². The molecule has 0 radical (unpaired) electrons. The van der Waals surface area contributed by atoms with Gasteiger partial charge in [-0.15, -0.1) is 0 Å². The van der Waals surface area contributed by atoms with Gasteiger partial charge < -0.3 is 15.5 Å². The molecule has 0 amide bonds. The second-order valence-corrected chi connectivity index (χ2v) is 7.27. The van der Waals surface area contributed by atoms with Gasteiger partial charge in [0.1, 0.15) is 0 Å². The van der Waals surface area contributed by atoms with Gasteiger partial charge in [0.05, 0.1) is 5.54 Å². The number of nitrogens with zero attached hydrogens (tertiary/aromatic N) is 2. The Kier molecular flexibility index (Phi) is 3.23. The maximum absolute atomic E-state index is 6.36. The lowest BCUT2D eigenvalue weighted by atomic mass is 9.79. The molecule has 2 unspecified atom stereocenters. The van der Waals surface area contributed by atoms with E-state index in [4.69, 9.17) is 5.73 Å². The van der Waals surface area contributed by atoms with Crippen molar-refractivity contribution in [2.45, 2.75) is 56.1 Å². The number of piperidine rings is 1. The molecule has 0 saturated carbocycles. The molecular formula is C18H27N3. The van der Waals surface area contributed by atoms with Crippen LogP contribution in [0.1, 0.15) is 37.7 Å². The molecule has 114 valence electrons. The summed E-state index contributed by atoms with van der Waals surface area (Å²) < 4.78 is 0. The number of aryl methyl sites for hydroxylation is 1. The first kappa shape index (κ1) is 13.6. The van der Waals surface area contributed by atoms with Gasteiger partial charge in [-0.05, 0) is 57.2 Å². The fourth-order valence-corrected chi connectivity index (χ4v) is 5.07. The molecular weight excluding hydrogens is 258 g/mol. The number of anilines is 1. The molecule has 3 heteroatoms.